The number of benzene rings is 1. The average molecular weight is 267 g/mol. The number of hydrogen-bond acceptors (Lipinski definition) is 2. The molecule has 3 atom stereocenters. The molecule has 0 radical (unpaired) electrons. The van der Waals surface area contributed by atoms with Gasteiger partial charge in [0.2, 0.25) is 0 Å². The van der Waals surface area contributed by atoms with Gasteiger partial charge in [0, 0.05) is 23.1 Å². The van der Waals surface area contributed by atoms with Crippen molar-refractivity contribution < 1.29 is 0 Å². The molecular formula is C15H23ClN2. The van der Waals surface area contributed by atoms with Crippen molar-refractivity contribution in [3.05, 3.63) is 34.9 Å². The van der Waals surface area contributed by atoms with Crippen LogP contribution in [-0.2, 0) is 0 Å². The van der Waals surface area contributed by atoms with Crippen LogP contribution in [0.2, 0.25) is 5.02 Å². The third-order valence-electron chi connectivity index (χ3n) is 3.68. The summed E-state index contributed by atoms with van der Waals surface area (Å²) in [6.45, 7) is 5.65. The fourth-order valence-electron chi connectivity index (χ4n) is 2.75. The Bertz CT molecular complexity index is 375. The molecule has 100 valence electrons. The molecule has 2 N–H and O–H groups in total. The molecule has 2 rings (SSSR count). The molecule has 0 aliphatic carbocycles. The van der Waals surface area contributed by atoms with E-state index in [2.05, 4.69) is 30.5 Å². The molecule has 0 bridgehead atoms. The van der Waals surface area contributed by atoms with E-state index < -0.39 is 0 Å². The molecule has 1 aliphatic heterocycles. The molecule has 0 saturated carbocycles. The summed E-state index contributed by atoms with van der Waals surface area (Å²) in [6.07, 6.45) is 3.84. The lowest BCUT2D eigenvalue weighted by atomic mass is 10.0. The van der Waals surface area contributed by atoms with Crippen LogP contribution in [0.3, 0.4) is 0 Å². The van der Waals surface area contributed by atoms with Gasteiger partial charge in [0.05, 0.1) is 0 Å². The molecular weight excluding hydrogens is 244 g/mol. The lowest BCUT2D eigenvalue weighted by molar-refractivity contribution is 0.407. The molecule has 1 aliphatic rings. The Balaban J connectivity index is 1.84. The van der Waals surface area contributed by atoms with E-state index in [9.17, 15) is 0 Å². The van der Waals surface area contributed by atoms with Gasteiger partial charge < -0.3 is 10.6 Å². The largest absolute Gasteiger partial charge is 0.314 e. The van der Waals surface area contributed by atoms with Gasteiger partial charge in [0.25, 0.3) is 0 Å². The van der Waals surface area contributed by atoms with Gasteiger partial charge in [-0.2, -0.15) is 0 Å². The Kier molecular flexibility index (Phi) is 5.04. The Morgan fingerprint density at radius 3 is 2.94 bits per heavy atom. The maximum Gasteiger partial charge on any atom is 0.0409 e. The summed E-state index contributed by atoms with van der Waals surface area (Å²) < 4.78 is 0. The van der Waals surface area contributed by atoms with E-state index in [4.69, 9.17) is 11.6 Å². The minimum absolute atomic E-state index is 0.347. The van der Waals surface area contributed by atoms with Crippen molar-refractivity contribution in [3.8, 4) is 0 Å². The minimum Gasteiger partial charge on any atom is -0.314 e. The standard InChI is InChI=1S/C15H23ClN2/c1-11(9-15-7-4-8-17-15)18-12(2)13-5-3-6-14(16)10-13/h3,5-6,10-12,15,17-18H,4,7-9H2,1-2H3. The molecule has 2 nitrogen and oxygen atoms in total. The SMILES string of the molecule is CC(CC1CCCN1)NC(C)c1cccc(Cl)c1. The molecule has 18 heavy (non-hydrogen) atoms. The second kappa shape index (κ2) is 6.55. The topological polar surface area (TPSA) is 24.1 Å². The Morgan fingerprint density at radius 2 is 2.28 bits per heavy atom. The number of hydrogen-bond donors (Lipinski definition) is 2. The van der Waals surface area contributed by atoms with Gasteiger partial charge in [-0.15, -0.1) is 0 Å². The van der Waals surface area contributed by atoms with Crippen molar-refractivity contribution in [1.82, 2.24) is 10.6 Å². The molecule has 0 spiro atoms. The van der Waals surface area contributed by atoms with Gasteiger partial charge in [0.15, 0.2) is 0 Å². The van der Waals surface area contributed by atoms with Crippen LogP contribution in [0.4, 0.5) is 0 Å². The first-order valence-corrected chi connectivity index (χ1v) is 7.28. The predicted octanol–water partition coefficient (Wildman–Crippen LogP) is 3.52. The van der Waals surface area contributed by atoms with Crippen LogP contribution < -0.4 is 10.6 Å². The van der Waals surface area contributed by atoms with Crippen molar-refractivity contribution in [2.75, 3.05) is 6.54 Å². The van der Waals surface area contributed by atoms with E-state index in [1.165, 1.54) is 31.4 Å². The van der Waals surface area contributed by atoms with Crippen molar-refractivity contribution >= 4 is 11.6 Å². The first-order valence-electron chi connectivity index (χ1n) is 6.90. The van der Waals surface area contributed by atoms with E-state index >= 15 is 0 Å². The van der Waals surface area contributed by atoms with Crippen LogP contribution in [0.5, 0.6) is 0 Å². The second-order valence-electron chi connectivity index (χ2n) is 5.37. The van der Waals surface area contributed by atoms with Crippen LogP contribution in [0.25, 0.3) is 0 Å². The molecule has 1 saturated heterocycles. The van der Waals surface area contributed by atoms with Crippen LogP contribution in [0.15, 0.2) is 24.3 Å². The normalized spacial score (nSPS) is 22.9. The minimum atomic E-state index is 0.347. The lowest BCUT2D eigenvalue weighted by Crippen LogP contribution is -2.35. The van der Waals surface area contributed by atoms with Gasteiger partial charge >= 0.3 is 0 Å². The highest BCUT2D eigenvalue weighted by atomic mass is 35.5. The summed E-state index contributed by atoms with van der Waals surface area (Å²) in [5, 5.41) is 8.01. The van der Waals surface area contributed by atoms with E-state index in [1.54, 1.807) is 0 Å². The lowest BCUT2D eigenvalue weighted by Gasteiger charge is -2.23. The van der Waals surface area contributed by atoms with Crippen LogP contribution in [0.1, 0.15) is 44.7 Å². The molecule has 1 heterocycles. The van der Waals surface area contributed by atoms with Crippen molar-refractivity contribution in [1.29, 1.82) is 0 Å². The van der Waals surface area contributed by atoms with Crippen LogP contribution >= 0.6 is 11.6 Å². The highest BCUT2D eigenvalue weighted by Crippen LogP contribution is 2.19. The van der Waals surface area contributed by atoms with Gasteiger partial charge in [-0.25, -0.2) is 0 Å². The van der Waals surface area contributed by atoms with E-state index in [0.717, 1.165) is 5.02 Å². The molecule has 3 heteroatoms. The highest BCUT2D eigenvalue weighted by Gasteiger charge is 2.18. The molecule has 1 aromatic rings. The maximum absolute atomic E-state index is 6.03. The van der Waals surface area contributed by atoms with Gasteiger partial charge in [-0.05, 0) is 57.4 Å². The average Bonchev–Trinajstić information content (AvgIpc) is 2.81. The van der Waals surface area contributed by atoms with Gasteiger partial charge in [-0.3, -0.25) is 0 Å². The predicted molar refractivity (Wildman–Crippen MR) is 78.1 cm³/mol. The Labute approximate surface area is 115 Å². The maximum atomic E-state index is 6.03. The summed E-state index contributed by atoms with van der Waals surface area (Å²) in [7, 11) is 0. The number of nitrogens with one attached hydrogen (secondary N) is 2. The first kappa shape index (κ1) is 13.9. The fourth-order valence-corrected chi connectivity index (χ4v) is 2.95. The summed E-state index contributed by atoms with van der Waals surface area (Å²) in [5.41, 5.74) is 1.26. The molecule has 0 aromatic heterocycles. The Morgan fingerprint density at radius 1 is 1.44 bits per heavy atom. The summed E-state index contributed by atoms with van der Waals surface area (Å²) in [4.78, 5) is 0. The van der Waals surface area contributed by atoms with Gasteiger partial charge in [-0.1, -0.05) is 23.7 Å². The molecule has 1 fully saturated rings. The van der Waals surface area contributed by atoms with E-state index in [0.29, 0.717) is 18.1 Å². The van der Waals surface area contributed by atoms with Crippen molar-refractivity contribution in [3.63, 3.8) is 0 Å². The van der Waals surface area contributed by atoms with E-state index in [-0.39, 0.29) is 0 Å². The smallest absolute Gasteiger partial charge is 0.0409 e. The Hall–Kier alpha value is -0.570. The third-order valence-corrected chi connectivity index (χ3v) is 3.92. The summed E-state index contributed by atoms with van der Waals surface area (Å²) >= 11 is 6.03. The third kappa shape index (κ3) is 3.98. The zero-order valence-electron chi connectivity index (χ0n) is 11.2. The molecule has 0 amide bonds. The van der Waals surface area contributed by atoms with Crippen LogP contribution in [-0.4, -0.2) is 18.6 Å². The molecule has 1 aromatic carbocycles. The monoisotopic (exact) mass is 266 g/mol. The van der Waals surface area contributed by atoms with Gasteiger partial charge in [0.1, 0.15) is 0 Å². The van der Waals surface area contributed by atoms with Crippen LogP contribution in [0, 0.1) is 0 Å². The zero-order chi connectivity index (χ0) is 13.0. The van der Waals surface area contributed by atoms with Crippen molar-refractivity contribution in [2.45, 2.75) is 51.2 Å². The second-order valence-corrected chi connectivity index (χ2v) is 5.81. The number of rotatable bonds is 5. The summed E-state index contributed by atoms with van der Waals surface area (Å²) in [5.74, 6) is 0. The van der Waals surface area contributed by atoms with E-state index in [1.807, 2.05) is 18.2 Å². The van der Waals surface area contributed by atoms with Crippen molar-refractivity contribution in [2.24, 2.45) is 0 Å². The number of halogens is 1. The quantitative estimate of drug-likeness (QED) is 0.852. The highest BCUT2D eigenvalue weighted by molar-refractivity contribution is 6.30. The zero-order valence-corrected chi connectivity index (χ0v) is 12.0. The fraction of sp³-hybridized carbons (Fsp3) is 0.600. The first-order chi connectivity index (χ1) is 8.65. The summed E-state index contributed by atoms with van der Waals surface area (Å²) in [6, 6.07) is 9.67. The molecule has 3 unspecified atom stereocenters.